The summed E-state index contributed by atoms with van der Waals surface area (Å²) in [4.78, 5) is 6.79. The Labute approximate surface area is 197 Å². The number of pyridine rings is 1. The van der Waals surface area contributed by atoms with E-state index in [2.05, 4.69) is 39.7 Å². The Morgan fingerprint density at radius 2 is 1.97 bits per heavy atom. The molecular formula is C23H24Cl2N4OS. The molecule has 0 bridgehead atoms. The molecule has 1 aliphatic heterocycles. The quantitative estimate of drug-likeness (QED) is 0.483. The average Bonchev–Trinajstić information content (AvgIpc) is 3.23. The van der Waals surface area contributed by atoms with Crippen molar-refractivity contribution < 1.29 is 4.74 Å². The molecule has 162 valence electrons. The Balaban J connectivity index is 1.83. The van der Waals surface area contributed by atoms with Gasteiger partial charge in [0, 0.05) is 36.3 Å². The highest BCUT2D eigenvalue weighted by molar-refractivity contribution is 7.80. The lowest BCUT2D eigenvalue weighted by molar-refractivity contribution is 0.164. The molecule has 2 atom stereocenters. The first-order chi connectivity index (χ1) is 14.9. The van der Waals surface area contributed by atoms with Gasteiger partial charge in [-0.25, -0.2) is 0 Å². The third-order valence-corrected chi connectivity index (χ3v) is 6.56. The molecule has 3 aromatic rings. The van der Waals surface area contributed by atoms with E-state index in [4.69, 9.17) is 40.2 Å². The number of ether oxygens (including phenoxy) is 1. The number of aromatic nitrogens is 2. The number of methoxy groups -OCH3 is 1. The van der Waals surface area contributed by atoms with Gasteiger partial charge >= 0.3 is 0 Å². The van der Waals surface area contributed by atoms with Crippen molar-refractivity contribution in [3.8, 4) is 5.69 Å². The molecule has 3 heterocycles. The lowest BCUT2D eigenvalue weighted by Gasteiger charge is -2.28. The van der Waals surface area contributed by atoms with Gasteiger partial charge in [-0.05, 0) is 68.0 Å². The molecule has 31 heavy (non-hydrogen) atoms. The van der Waals surface area contributed by atoms with Crippen molar-refractivity contribution in [2.45, 2.75) is 25.9 Å². The number of hydrogen-bond acceptors (Lipinski definition) is 3. The molecule has 1 aromatic carbocycles. The third-order valence-electron chi connectivity index (χ3n) is 5.67. The molecule has 1 saturated heterocycles. The van der Waals surface area contributed by atoms with E-state index in [0.717, 1.165) is 22.8 Å². The monoisotopic (exact) mass is 474 g/mol. The smallest absolute Gasteiger partial charge is 0.170 e. The Hall–Kier alpha value is -2.12. The minimum atomic E-state index is -0.0693. The van der Waals surface area contributed by atoms with Crippen LogP contribution in [0.4, 0.5) is 0 Å². The fourth-order valence-electron chi connectivity index (χ4n) is 4.29. The molecule has 8 heteroatoms. The van der Waals surface area contributed by atoms with Crippen LogP contribution >= 0.6 is 35.4 Å². The minimum Gasteiger partial charge on any atom is -0.383 e. The number of rotatable bonds is 6. The van der Waals surface area contributed by atoms with Crippen LogP contribution in [0.3, 0.4) is 0 Å². The van der Waals surface area contributed by atoms with Gasteiger partial charge in [-0.1, -0.05) is 29.3 Å². The highest BCUT2D eigenvalue weighted by atomic mass is 35.5. The van der Waals surface area contributed by atoms with Crippen LogP contribution in [0.25, 0.3) is 5.69 Å². The molecule has 0 radical (unpaired) electrons. The van der Waals surface area contributed by atoms with Crippen molar-refractivity contribution in [2.24, 2.45) is 0 Å². The second kappa shape index (κ2) is 9.17. The van der Waals surface area contributed by atoms with Crippen LogP contribution in [0.15, 0.2) is 48.7 Å². The van der Waals surface area contributed by atoms with Gasteiger partial charge in [-0.3, -0.25) is 4.98 Å². The summed E-state index contributed by atoms with van der Waals surface area (Å²) in [6.45, 7) is 5.45. The Bertz CT molecular complexity index is 1100. The van der Waals surface area contributed by atoms with Gasteiger partial charge in [-0.15, -0.1) is 0 Å². The molecule has 1 N–H and O–H groups in total. The summed E-state index contributed by atoms with van der Waals surface area (Å²) in [5.74, 6) is 0. The van der Waals surface area contributed by atoms with E-state index in [1.54, 1.807) is 13.2 Å². The van der Waals surface area contributed by atoms with Gasteiger partial charge in [0.2, 0.25) is 0 Å². The summed E-state index contributed by atoms with van der Waals surface area (Å²) in [6, 6.07) is 13.6. The molecule has 0 aliphatic carbocycles. The maximum atomic E-state index is 6.55. The summed E-state index contributed by atoms with van der Waals surface area (Å²) in [7, 11) is 1.70. The SMILES string of the molecule is COCCN1C(=S)N[C@H](c2ccccn2)[C@H]1c1cc(C)n(-c2ccc(Cl)cc2Cl)c1C. The fraction of sp³-hybridized carbons (Fsp3) is 0.304. The van der Waals surface area contributed by atoms with Gasteiger partial charge in [-0.2, -0.15) is 0 Å². The van der Waals surface area contributed by atoms with Gasteiger partial charge in [0.1, 0.15) is 0 Å². The van der Waals surface area contributed by atoms with Crippen LogP contribution < -0.4 is 5.32 Å². The molecular weight excluding hydrogens is 451 g/mol. The molecule has 0 amide bonds. The second-order valence-corrected chi connectivity index (χ2v) is 8.80. The standard InChI is InChI=1S/C23H24Cl2N4OS/c1-14-12-17(15(2)29(14)20-8-7-16(24)13-18(20)25)22-21(19-6-4-5-9-26-19)27-23(31)28(22)10-11-30-3/h4-9,12-13,21-22H,10-11H2,1-3H3,(H,27,31)/t21-,22-/m1/s1. The molecule has 0 saturated carbocycles. The van der Waals surface area contributed by atoms with E-state index in [1.807, 2.05) is 36.5 Å². The van der Waals surface area contributed by atoms with Crippen LogP contribution in [-0.2, 0) is 4.74 Å². The molecule has 5 nitrogen and oxygen atoms in total. The number of hydrogen-bond donors (Lipinski definition) is 1. The third kappa shape index (κ3) is 4.17. The molecule has 4 rings (SSSR count). The Kier molecular flexibility index (Phi) is 6.53. The number of aryl methyl sites for hydroxylation is 1. The zero-order valence-electron chi connectivity index (χ0n) is 17.6. The predicted octanol–water partition coefficient (Wildman–Crippen LogP) is 5.41. The largest absolute Gasteiger partial charge is 0.383 e. The normalized spacial score (nSPS) is 18.5. The van der Waals surface area contributed by atoms with Gasteiger partial charge in [0.15, 0.2) is 5.11 Å². The molecule has 1 fully saturated rings. The zero-order chi connectivity index (χ0) is 22.1. The van der Waals surface area contributed by atoms with E-state index in [0.29, 0.717) is 28.3 Å². The summed E-state index contributed by atoms with van der Waals surface area (Å²) < 4.78 is 7.52. The van der Waals surface area contributed by atoms with E-state index in [-0.39, 0.29) is 12.1 Å². The Morgan fingerprint density at radius 3 is 2.65 bits per heavy atom. The van der Waals surface area contributed by atoms with Crippen LogP contribution in [0.5, 0.6) is 0 Å². The topological polar surface area (TPSA) is 42.3 Å². The van der Waals surface area contributed by atoms with Crippen LogP contribution in [0.2, 0.25) is 10.0 Å². The molecule has 1 aliphatic rings. The summed E-state index contributed by atoms with van der Waals surface area (Å²) in [5.41, 5.74) is 5.20. The van der Waals surface area contributed by atoms with Crippen molar-refractivity contribution >= 4 is 40.5 Å². The first-order valence-electron chi connectivity index (χ1n) is 10.0. The first kappa shape index (κ1) is 22.1. The average molecular weight is 475 g/mol. The number of benzene rings is 1. The van der Waals surface area contributed by atoms with Crippen molar-refractivity contribution in [3.63, 3.8) is 0 Å². The highest BCUT2D eigenvalue weighted by Crippen LogP contribution is 2.41. The first-order valence-corrected chi connectivity index (χ1v) is 11.2. The number of nitrogens with zero attached hydrogens (tertiary/aromatic N) is 3. The number of thiocarbonyl (C=S) groups is 1. The maximum absolute atomic E-state index is 6.55. The zero-order valence-corrected chi connectivity index (χ0v) is 19.9. The van der Waals surface area contributed by atoms with E-state index < -0.39 is 0 Å². The molecule has 0 unspecified atom stereocenters. The highest BCUT2D eigenvalue weighted by Gasteiger charge is 2.41. The van der Waals surface area contributed by atoms with E-state index in [1.165, 1.54) is 5.56 Å². The molecule has 0 spiro atoms. The van der Waals surface area contributed by atoms with Crippen molar-refractivity contribution in [2.75, 3.05) is 20.3 Å². The second-order valence-electron chi connectivity index (χ2n) is 7.57. The fourth-order valence-corrected chi connectivity index (χ4v) is 5.12. The van der Waals surface area contributed by atoms with Crippen LogP contribution in [-0.4, -0.2) is 39.8 Å². The minimum absolute atomic E-state index is 0.0245. The Morgan fingerprint density at radius 1 is 1.16 bits per heavy atom. The summed E-state index contributed by atoms with van der Waals surface area (Å²) in [5, 5.41) is 5.40. The van der Waals surface area contributed by atoms with E-state index in [9.17, 15) is 0 Å². The summed E-state index contributed by atoms with van der Waals surface area (Å²) >= 11 is 18.4. The van der Waals surface area contributed by atoms with E-state index >= 15 is 0 Å². The lowest BCUT2D eigenvalue weighted by Crippen LogP contribution is -2.32. The van der Waals surface area contributed by atoms with Crippen LogP contribution in [0, 0.1) is 13.8 Å². The van der Waals surface area contributed by atoms with Gasteiger partial charge in [0.05, 0.1) is 35.1 Å². The maximum Gasteiger partial charge on any atom is 0.170 e. The molecule has 2 aromatic heterocycles. The lowest BCUT2D eigenvalue weighted by atomic mass is 9.97. The van der Waals surface area contributed by atoms with Crippen molar-refractivity contribution in [3.05, 3.63) is 81.4 Å². The van der Waals surface area contributed by atoms with Gasteiger partial charge in [0.25, 0.3) is 0 Å². The van der Waals surface area contributed by atoms with Gasteiger partial charge < -0.3 is 19.5 Å². The van der Waals surface area contributed by atoms with Crippen molar-refractivity contribution in [1.82, 2.24) is 19.8 Å². The predicted molar refractivity (Wildman–Crippen MR) is 129 cm³/mol. The number of nitrogens with one attached hydrogen (secondary N) is 1. The van der Waals surface area contributed by atoms with Crippen LogP contribution in [0.1, 0.15) is 34.7 Å². The summed E-state index contributed by atoms with van der Waals surface area (Å²) in [6.07, 6.45) is 1.81. The van der Waals surface area contributed by atoms with Crippen molar-refractivity contribution in [1.29, 1.82) is 0 Å². The number of halogens is 2.